The van der Waals surface area contributed by atoms with Gasteiger partial charge in [0, 0.05) is 25.7 Å². The van der Waals surface area contributed by atoms with Gasteiger partial charge in [-0.2, -0.15) is 0 Å². The monoisotopic (exact) mass is 578 g/mol. The maximum atomic E-state index is 13.6. The number of amides is 2. The summed E-state index contributed by atoms with van der Waals surface area (Å²) in [6, 6.07) is 9.03. The van der Waals surface area contributed by atoms with E-state index in [2.05, 4.69) is 52.3 Å². The van der Waals surface area contributed by atoms with Crippen LogP contribution in [0.5, 0.6) is 0 Å². The molecule has 2 aromatic rings. The van der Waals surface area contributed by atoms with Crippen LogP contribution in [-0.4, -0.2) is 54.3 Å². The molecule has 0 aliphatic carbocycles. The molecule has 8 nitrogen and oxygen atoms in total. The zero-order chi connectivity index (χ0) is 26.5. The summed E-state index contributed by atoms with van der Waals surface area (Å²) in [4.78, 5) is 31.5. The van der Waals surface area contributed by atoms with Crippen molar-refractivity contribution in [3.05, 3.63) is 40.8 Å². The summed E-state index contributed by atoms with van der Waals surface area (Å²) in [6.07, 6.45) is 2.71. The van der Waals surface area contributed by atoms with Crippen LogP contribution in [-0.2, 0) is 21.0 Å². The van der Waals surface area contributed by atoms with E-state index in [4.69, 9.17) is 20.2 Å². The quantitative estimate of drug-likeness (QED) is 0.274. The van der Waals surface area contributed by atoms with Gasteiger partial charge in [-0.05, 0) is 42.5 Å². The molecule has 10 heteroatoms. The molecular formula is C26H39BrN4O4Si. The molecule has 1 aliphatic rings. The molecular weight excluding hydrogens is 540 g/mol. The third kappa shape index (κ3) is 7.42. The average Bonchev–Trinajstić information content (AvgIpc) is 3.43. The van der Waals surface area contributed by atoms with Crippen LogP contribution in [0, 0.1) is 11.8 Å². The summed E-state index contributed by atoms with van der Waals surface area (Å²) in [7, 11) is -1.22. The summed E-state index contributed by atoms with van der Waals surface area (Å²) in [5.74, 6) is 0.333. The fourth-order valence-corrected chi connectivity index (χ4v) is 5.43. The number of rotatable bonds is 11. The van der Waals surface area contributed by atoms with Crippen molar-refractivity contribution >= 4 is 36.0 Å². The molecule has 1 aliphatic heterocycles. The number of carbonyl (C=O) groups is 2. The highest BCUT2D eigenvalue weighted by molar-refractivity contribution is 9.10. The average molecular weight is 580 g/mol. The van der Waals surface area contributed by atoms with Gasteiger partial charge in [0.15, 0.2) is 0 Å². The third-order valence-electron chi connectivity index (χ3n) is 6.60. The van der Waals surface area contributed by atoms with E-state index in [1.807, 2.05) is 37.1 Å². The largest absolute Gasteiger partial charge is 0.449 e. The van der Waals surface area contributed by atoms with E-state index < -0.39 is 20.1 Å². The van der Waals surface area contributed by atoms with Crippen molar-refractivity contribution < 1.29 is 19.1 Å². The lowest BCUT2D eigenvalue weighted by Gasteiger charge is -2.30. The number of halogens is 1. The lowest BCUT2D eigenvalue weighted by Crippen LogP contribution is -2.41. The molecule has 0 bridgehead atoms. The van der Waals surface area contributed by atoms with E-state index >= 15 is 0 Å². The van der Waals surface area contributed by atoms with E-state index in [0.717, 1.165) is 40.4 Å². The Hall–Kier alpha value is -2.17. The molecule has 1 aromatic carbocycles. The Bertz CT molecular complexity index is 1040. The Morgan fingerprint density at radius 2 is 1.92 bits per heavy atom. The molecule has 2 unspecified atom stereocenters. The fourth-order valence-electron chi connectivity index (χ4n) is 4.41. The summed E-state index contributed by atoms with van der Waals surface area (Å²) >= 11 is 3.51. The fraction of sp³-hybridized carbons (Fsp3) is 0.577. The molecule has 1 aromatic heterocycles. The molecule has 0 saturated carbocycles. The van der Waals surface area contributed by atoms with Crippen LogP contribution in [0.1, 0.15) is 38.6 Å². The molecule has 2 atom stereocenters. The highest BCUT2D eigenvalue weighted by Crippen LogP contribution is 2.36. The Morgan fingerprint density at radius 3 is 2.53 bits per heavy atom. The van der Waals surface area contributed by atoms with E-state index in [9.17, 15) is 9.59 Å². The highest BCUT2D eigenvalue weighted by Gasteiger charge is 2.38. The van der Waals surface area contributed by atoms with Crippen LogP contribution in [0.25, 0.3) is 11.3 Å². The van der Waals surface area contributed by atoms with Gasteiger partial charge in [-0.3, -0.25) is 4.79 Å². The molecule has 3 rings (SSSR count). The van der Waals surface area contributed by atoms with Crippen molar-refractivity contribution in [2.75, 3.05) is 19.8 Å². The van der Waals surface area contributed by atoms with Gasteiger partial charge in [0.1, 0.15) is 19.2 Å². The second kappa shape index (κ2) is 12.4. The molecule has 0 spiro atoms. The van der Waals surface area contributed by atoms with E-state index in [1.54, 1.807) is 0 Å². The van der Waals surface area contributed by atoms with Gasteiger partial charge in [-0.25, -0.2) is 9.78 Å². The van der Waals surface area contributed by atoms with Crippen LogP contribution in [0.15, 0.2) is 34.9 Å². The minimum atomic E-state index is -1.22. The lowest BCUT2D eigenvalue weighted by molar-refractivity contribution is -0.139. The topological polar surface area (TPSA) is 99.7 Å². The Morgan fingerprint density at radius 1 is 1.22 bits per heavy atom. The molecule has 198 valence electrons. The van der Waals surface area contributed by atoms with Crippen molar-refractivity contribution in [1.82, 2.24) is 14.5 Å². The Labute approximate surface area is 223 Å². The number of carbonyl (C=O) groups excluding carboxylic acids is 2. The Kier molecular flexibility index (Phi) is 9.77. The molecule has 2 heterocycles. The number of ether oxygens (including phenoxy) is 2. The third-order valence-corrected chi connectivity index (χ3v) is 8.84. The van der Waals surface area contributed by atoms with Crippen molar-refractivity contribution in [2.45, 2.75) is 65.1 Å². The van der Waals surface area contributed by atoms with Gasteiger partial charge in [0.05, 0.1) is 23.9 Å². The van der Waals surface area contributed by atoms with Crippen LogP contribution < -0.4 is 5.73 Å². The van der Waals surface area contributed by atoms with Crippen LogP contribution in [0.3, 0.4) is 0 Å². The first-order chi connectivity index (χ1) is 17.0. The zero-order valence-corrected chi connectivity index (χ0v) is 24.6. The Balaban J connectivity index is 1.90. The number of primary amides is 1. The number of aromatic nitrogens is 2. The second-order valence-electron chi connectivity index (χ2n) is 11.0. The summed E-state index contributed by atoms with van der Waals surface area (Å²) in [5.41, 5.74) is 7.17. The summed E-state index contributed by atoms with van der Waals surface area (Å²) < 4.78 is 14.3. The molecule has 36 heavy (non-hydrogen) atoms. The number of likely N-dealkylation sites (tertiary alicyclic amines) is 1. The minimum absolute atomic E-state index is 0.000990. The SMILES string of the molecule is CC(C)C(COC(N)=O)C(=O)N1CCCC1c1ncc(-c2ccc(Br)cc2)n1COCC[Si](C)(C)C. The van der Waals surface area contributed by atoms with Crippen molar-refractivity contribution in [1.29, 1.82) is 0 Å². The van der Waals surface area contributed by atoms with Crippen LogP contribution >= 0.6 is 15.9 Å². The van der Waals surface area contributed by atoms with Crippen molar-refractivity contribution in [3.63, 3.8) is 0 Å². The second-order valence-corrected chi connectivity index (χ2v) is 17.5. The van der Waals surface area contributed by atoms with E-state index in [1.165, 1.54) is 0 Å². The number of imidazole rings is 1. The summed E-state index contributed by atoms with van der Waals surface area (Å²) in [5, 5.41) is 0. The predicted octanol–water partition coefficient (Wildman–Crippen LogP) is 5.66. The molecule has 1 fully saturated rings. The first-order valence-electron chi connectivity index (χ1n) is 12.6. The maximum Gasteiger partial charge on any atom is 0.404 e. The van der Waals surface area contributed by atoms with Crippen LogP contribution in [0.4, 0.5) is 4.79 Å². The number of nitrogens with two attached hydrogens (primary N) is 1. The van der Waals surface area contributed by atoms with Gasteiger partial charge < -0.3 is 24.7 Å². The summed E-state index contributed by atoms with van der Waals surface area (Å²) in [6.45, 7) is 12.6. The highest BCUT2D eigenvalue weighted by atomic mass is 79.9. The van der Waals surface area contributed by atoms with Gasteiger partial charge in [-0.1, -0.05) is 61.6 Å². The number of nitrogens with zero attached hydrogens (tertiary/aromatic N) is 3. The van der Waals surface area contributed by atoms with E-state index in [-0.39, 0.29) is 24.5 Å². The normalized spacial score (nSPS) is 17.0. The molecule has 2 N–H and O–H groups in total. The zero-order valence-electron chi connectivity index (χ0n) is 22.0. The van der Waals surface area contributed by atoms with E-state index in [0.29, 0.717) is 19.9 Å². The maximum absolute atomic E-state index is 13.6. The van der Waals surface area contributed by atoms with Crippen LogP contribution in [0.2, 0.25) is 25.7 Å². The van der Waals surface area contributed by atoms with Gasteiger partial charge in [0.25, 0.3) is 0 Å². The first kappa shape index (κ1) is 28.4. The number of hydrogen-bond acceptors (Lipinski definition) is 5. The smallest absolute Gasteiger partial charge is 0.404 e. The van der Waals surface area contributed by atoms with Crippen molar-refractivity contribution in [2.24, 2.45) is 17.6 Å². The van der Waals surface area contributed by atoms with Gasteiger partial charge in [-0.15, -0.1) is 0 Å². The number of hydrogen-bond donors (Lipinski definition) is 1. The van der Waals surface area contributed by atoms with Gasteiger partial charge in [0.2, 0.25) is 5.91 Å². The molecule has 2 amide bonds. The minimum Gasteiger partial charge on any atom is -0.449 e. The lowest BCUT2D eigenvalue weighted by atomic mass is 9.95. The molecule has 1 saturated heterocycles. The predicted molar refractivity (Wildman–Crippen MR) is 147 cm³/mol. The molecule has 0 radical (unpaired) electrons. The number of benzene rings is 1. The standard InChI is InChI=1S/C26H39BrN4O4Si/c1-18(2)21(16-35-26(28)33)25(32)30-12-6-7-22(30)24-29-15-23(19-8-10-20(27)11-9-19)31(24)17-34-13-14-36(3,4)5/h8-11,15,18,21-22H,6-7,12-14,16-17H2,1-5H3,(H2,28,33). The first-order valence-corrected chi connectivity index (χ1v) is 17.1. The van der Waals surface area contributed by atoms with Gasteiger partial charge >= 0.3 is 6.09 Å². The van der Waals surface area contributed by atoms with Crippen molar-refractivity contribution in [3.8, 4) is 11.3 Å².